The van der Waals surface area contributed by atoms with E-state index in [1.54, 1.807) is 37.6 Å². The van der Waals surface area contributed by atoms with Crippen molar-refractivity contribution >= 4 is 11.7 Å². The standard InChI is InChI=1S/C14H14N2O3/c1-19-11-6-4-10(5-7-11)9-16-14(18)13(17)12-3-2-8-15-12/h2-8,15H,9H2,1H3,(H,16,18). The smallest absolute Gasteiger partial charge is 0.294 e. The number of rotatable bonds is 5. The van der Waals surface area contributed by atoms with E-state index in [2.05, 4.69) is 10.3 Å². The predicted octanol–water partition coefficient (Wildman–Crippen LogP) is 1.52. The van der Waals surface area contributed by atoms with Crippen molar-refractivity contribution in [3.63, 3.8) is 0 Å². The summed E-state index contributed by atoms with van der Waals surface area (Å²) in [4.78, 5) is 26.0. The predicted molar refractivity (Wildman–Crippen MR) is 70.0 cm³/mol. The van der Waals surface area contributed by atoms with Crippen LogP contribution in [0.3, 0.4) is 0 Å². The number of carbonyl (C=O) groups is 2. The molecule has 2 rings (SSSR count). The molecule has 0 radical (unpaired) electrons. The number of methoxy groups -OCH3 is 1. The van der Waals surface area contributed by atoms with E-state index in [4.69, 9.17) is 4.74 Å². The van der Waals surface area contributed by atoms with Gasteiger partial charge in [0.1, 0.15) is 5.75 Å². The number of aromatic nitrogens is 1. The SMILES string of the molecule is COc1ccc(CNC(=O)C(=O)c2ccc[nH]2)cc1. The number of benzene rings is 1. The van der Waals surface area contributed by atoms with Crippen LogP contribution in [0.25, 0.3) is 0 Å². The zero-order valence-corrected chi connectivity index (χ0v) is 10.5. The van der Waals surface area contributed by atoms with E-state index in [-0.39, 0.29) is 5.69 Å². The summed E-state index contributed by atoms with van der Waals surface area (Å²) in [5.41, 5.74) is 1.18. The van der Waals surface area contributed by atoms with Gasteiger partial charge < -0.3 is 15.0 Å². The lowest BCUT2D eigenvalue weighted by molar-refractivity contribution is -0.117. The third kappa shape index (κ3) is 3.22. The first-order valence-electron chi connectivity index (χ1n) is 5.79. The summed E-state index contributed by atoms with van der Waals surface area (Å²) in [5, 5.41) is 2.58. The molecule has 1 aromatic heterocycles. The average molecular weight is 258 g/mol. The van der Waals surface area contributed by atoms with Crippen molar-refractivity contribution in [2.45, 2.75) is 6.54 Å². The Kier molecular flexibility index (Phi) is 3.97. The molecule has 0 aliphatic carbocycles. The molecule has 5 nitrogen and oxygen atoms in total. The molecule has 0 saturated carbocycles. The van der Waals surface area contributed by atoms with Crippen molar-refractivity contribution < 1.29 is 14.3 Å². The molecule has 0 aliphatic heterocycles. The largest absolute Gasteiger partial charge is 0.497 e. The first-order valence-corrected chi connectivity index (χ1v) is 5.79. The fourth-order valence-electron chi connectivity index (χ4n) is 1.60. The van der Waals surface area contributed by atoms with E-state index in [9.17, 15) is 9.59 Å². The van der Waals surface area contributed by atoms with Crippen LogP contribution >= 0.6 is 0 Å². The van der Waals surface area contributed by atoms with Gasteiger partial charge in [0.2, 0.25) is 0 Å². The van der Waals surface area contributed by atoms with Crippen LogP contribution in [0.2, 0.25) is 0 Å². The Labute approximate surface area is 110 Å². The summed E-state index contributed by atoms with van der Waals surface area (Å²) in [6, 6.07) is 10.5. The highest BCUT2D eigenvalue weighted by Crippen LogP contribution is 2.10. The van der Waals surface area contributed by atoms with Gasteiger partial charge in [-0.05, 0) is 29.8 Å². The molecule has 1 amide bonds. The molecule has 98 valence electrons. The van der Waals surface area contributed by atoms with Gasteiger partial charge >= 0.3 is 0 Å². The minimum atomic E-state index is -0.627. The van der Waals surface area contributed by atoms with Crippen molar-refractivity contribution in [3.05, 3.63) is 53.9 Å². The first kappa shape index (κ1) is 12.9. The molecule has 0 atom stereocenters. The van der Waals surface area contributed by atoms with Gasteiger partial charge in [-0.2, -0.15) is 0 Å². The highest BCUT2D eigenvalue weighted by Gasteiger charge is 2.16. The zero-order valence-electron chi connectivity index (χ0n) is 10.5. The molecule has 2 aromatic rings. The summed E-state index contributed by atoms with van der Waals surface area (Å²) in [6.45, 7) is 0.301. The topological polar surface area (TPSA) is 71.2 Å². The van der Waals surface area contributed by atoms with Crippen LogP contribution in [0.15, 0.2) is 42.6 Å². The van der Waals surface area contributed by atoms with Crippen LogP contribution in [0, 0.1) is 0 Å². The molecule has 0 bridgehead atoms. The molecule has 1 aromatic carbocycles. The Morgan fingerprint density at radius 2 is 1.95 bits per heavy atom. The minimum Gasteiger partial charge on any atom is -0.497 e. The van der Waals surface area contributed by atoms with E-state index >= 15 is 0 Å². The number of amides is 1. The van der Waals surface area contributed by atoms with Crippen LogP contribution in [-0.4, -0.2) is 23.8 Å². The number of hydrogen-bond donors (Lipinski definition) is 2. The van der Waals surface area contributed by atoms with Gasteiger partial charge in [-0.3, -0.25) is 9.59 Å². The Hall–Kier alpha value is -2.56. The van der Waals surface area contributed by atoms with Crippen molar-refractivity contribution in [2.24, 2.45) is 0 Å². The highest BCUT2D eigenvalue weighted by atomic mass is 16.5. The molecule has 0 aliphatic rings. The van der Waals surface area contributed by atoms with E-state index in [1.807, 2.05) is 12.1 Å². The summed E-state index contributed by atoms with van der Waals surface area (Å²) >= 11 is 0. The molecule has 0 fully saturated rings. The number of carbonyl (C=O) groups excluding carboxylic acids is 2. The maximum atomic E-state index is 11.7. The Morgan fingerprint density at radius 1 is 1.21 bits per heavy atom. The third-order valence-electron chi connectivity index (χ3n) is 2.66. The normalized spacial score (nSPS) is 9.95. The van der Waals surface area contributed by atoms with Crippen molar-refractivity contribution in [1.82, 2.24) is 10.3 Å². The summed E-state index contributed by atoms with van der Waals surface area (Å²) in [5.74, 6) is -0.450. The molecule has 0 unspecified atom stereocenters. The average Bonchev–Trinajstić information content (AvgIpc) is 2.98. The quantitative estimate of drug-likeness (QED) is 0.631. The molecule has 2 N–H and O–H groups in total. The maximum Gasteiger partial charge on any atom is 0.294 e. The molecule has 1 heterocycles. The lowest BCUT2D eigenvalue weighted by atomic mass is 10.2. The molecule has 5 heteroatoms. The second-order valence-electron chi connectivity index (χ2n) is 3.94. The number of nitrogens with one attached hydrogen (secondary N) is 2. The van der Waals surface area contributed by atoms with Gasteiger partial charge in [0, 0.05) is 12.7 Å². The summed E-state index contributed by atoms with van der Waals surface area (Å²) < 4.78 is 5.04. The van der Waals surface area contributed by atoms with Gasteiger partial charge in [0.25, 0.3) is 11.7 Å². The van der Waals surface area contributed by atoms with Gasteiger partial charge in [-0.15, -0.1) is 0 Å². The van der Waals surface area contributed by atoms with Crippen LogP contribution in [-0.2, 0) is 11.3 Å². The first-order chi connectivity index (χ1) is 9.20. The van der Waals surface area contributed by atoms with Gasteiger partial charge in [0.15, 0.2) is 0 Å². The van der Waals surface area contributed by atoms with E-state index in [0.29, 0.717) is 6.54 Å². The van der Waals surface area contributed by atoms with Crippen LogP contribution in [0.1, 0.15) is 16.1 Å². The number of aromatic amines is 1. The van der Waals surface area contributed by atoms with Crippen LogP contribution < -0.4 is 10.1 Å². The summed E-state index contributed by atoms with van der Waals surface area (Å²) in [6.07, 6.45) is 1.60. The van der Waals surface area contributed by atoms with Gasteiger partial charge in [-0.1, -0.05) is 12.1 Å². The molecule has 0 saturated heterocycles. The third-order valence-corrected chi connectivity index (χ3v) is 2.66. The van der Waals surface area contributed by atoms with Crippen molar-refractivity contribution in [3.8, 4) is 5.75 Å². The van der Waals surface area contributed by atoms with E-state index < -0.39 is 11.7 Å². The fourth-order valence-corrected chi connectivity index (χ4v) is 1.60. The van der Waals surface area contributed by atoms with E-state index in [0.717, 1.165) is 11.3 Å². The van der Waals surface area contributed by atoms with Crippen molar-refractivity contribution in [1.29, 1.82) is 0 Å². The van der Waals surface area contributed by atoms with Crippen LogP contribution in [0.5, 0.6) is 5.75 Å². The lowest BCUT2D eigenvalue weighted by Gasteiger charge is -2.05. The fraction of sp³-hybridized carbons (Fsp3) is 0.143. The minimum absolute atomic E-state index is 0.284. The summed E-state index contributed by atoms with van der Waals surface area (Å²) in [7, 11) is 1.59. The molecular weight excluding hydrogens is 244 g/mol. The van der Waals surface area contributed by atoms with Gasteiger partial charge in [-0.25, -0.2) is 0 Å². The second kappa shape index (κ2) is 5.86. The Balaban J connectivity index is 1.91. The highest BCUT2D eigenvalue weighted by molar-refractivity contribution is 6.42. The number of Topliss-reactive ketones (excluding diaryl/α,β-unsaturated/α-hetero) is 1. The van der Waals surface area contributed by atoms with Crippen LogP contribution in [0.4, 0.5) is 0 Å². The van der Waals surface area contributed by atoms with Gasteiger partial charge in [0.05, 0.1) is 12.8 Å². The number of H-pyrrole nitrogens is 1. The molecular formula is C14H14N2O3. The number of ketones is 1. The Morgan fingerprint density at radius 3 is 2.53 bits per heavy atom. The van der Waals surface area contributed by atoms with Crippen molar-refractivity contribution in [2.75, 3.05) is 7.11 Å². The monoisotopic (exact) mass is 258 g/mol. The molecule has 0 spiro atoms. The molecule has 19 heavy (non-hydrogen) atoms. The lowest BCUT2D eigenvalue weighted by Crippen LogP contribution is -2.30. The van der Waals surface area contributed by atoms with E-state index in [1.165, 1.54) is 0 Å². The number of hydrogen-bond acceptors (Lipinski definition) is 3. The second-order valence-corrected chi connectivity index (χ2v) is 3.94. The number of ether oxygens (including phenoxy) is 1. The maximum absolute atomic E-state index is 11.7. The Bertz CT molecular complexity index is 559. The zero-order chi connectivity index (χ0) is 13.7.